The lowest BCUT2D eigenvalue weighted by Crippen LogP contribution is -2.02. The summed E-state index contributed by atoms with van der Waals surface area (Å²) in [7, 11) is 0. The molecule has 0 aliphatic heterocycles. The van der Waals surface area contributed by atoms with Gasteiger partial charge in [0.25, 0.3) is 5.69 Å². The Hall–Kier alpha value is -2.70. The Morgan fingerprint density at radius 1 is 1.50 bits per heavy atom. The highest BCUT2D eigenvalue weighted by Gasteiger charge is 2.19. The van der Waals surface area contributed by atoms with E-state index in [0.717, 1.165) is 0 Å². The molecule has 0 fully saturated rings. The van der Waals surface area contributed by atoms with Crippen LogP contribution in [-0.2, 0) is 6.54 Å². The molecule has 0 atom stereocenters. The lowest BCUT2D eigenvalue weighted by atomic mass is 10.0. The van der Waals surface area contributed by atoms with Crippen LogP contribution in [0.2, 0.25) is 0 Å². The number of anilines is 1. The van der Waals surface area contributed by atoms with Gasteiger partial charge in [0, 0.05) is 23.7 Å². The van der Waals surface area contributed by atoms with E-state index < -0.39 is 4.92 Å². The molecule has 2 N–H and O–H groups in total. The third-order valence-electron chi connectivity index (χ3n) is 3.13. The lowest BCUT2D eigenvalue weighted by molar-refractivity contribution is -0.385. The van der Waals surface area contributed by atoms with Crippen LogP contribution >= 0.6 is 0 Å². The van der Waals surface area contributed by atoms with Gasteiger partial charge in [0.1, 0.15) is 11.5 Å². The third-order valence-corrected chi connectivity index (χ3v) is 3.13. The van der Waals surface area contributed by atoms with Gasteiger partial charge in [0.15, 0.2) is 6.29 Å². The van der Waals surface area contributed by atoms with Crippen molar-refractivity contribution in [2.24, 2.45) is 0 Å². The number of nitrogens with zero attached hydrogens (tertiary/aromatic N) is 3. The largest absolute Gasteiger partial charge is 0.383 e. The van der Waals surface area contributed by atoms with Crippen LogP contribution in [0.5, 0.6) is 0 Å². The number of hydrogen-bond acceptors (Lipinski definition) is 5. The Morgan fingerprint density at radius 3 is 2.75 bits per heavy atom. The van der Waals surface area contributed by atoms with Gasteiger partial charge in [-0.05, 0) is 13.8 Å². The molecule has 2 rings (SSSR count). The fourth-order valence-electron chi connectivity index (χ4n) is 2.01. The second kappa shape index (κ2) is 5.12. The molecule has 0 bridgehead atoms. The predicted octanol–water partition coefficient (Wildman–Crippen LogP) is 2.18. The summed E-state index contributed by atoms with van der Waals surface area (Å²) in [5.41, 5.74) is 7.49. The highest BCUT2D eigenvalue weighted by Crippen LogP contribution is 2.30. The average molecular weight is 274 g/mol. The van der Waals surface area contributed by atoms with E-state index >= 15 is 0 Å². The van der Waals surface area contributed by atoms with E-state index in [1.54, 1.807) is 19.1 Å². The van der Waals surface area contributed by atoms with Crippen molar-refractivity contribution in [3.63, 3.8) is 0 Å². The van der Waals surface area contributed by atoms with Gasteiger partial charge in [-0.25, -0.2) is 4.68 Å². The number of nitrogens with two attached hydrogens (primary N) is 1. The number of hydrogen-bond donors (Lipinski definition) is 1. The van der Waals surface area contributed by atoms with Crippen LogP contribution in [0, 0.1) is 17.0 Å². The molecule has 7 heteroatoms. The van der Waals surface area contributed by atoms with Crippen LogP contribution in [0.1, 0.15) is 22.8 Å². The number of nitrogen functional groups attached to an aromatic ring is 1. The zero-order valence-corrected chi connectivity index (χ0v) is 11.2. The van der Waals surface area contributed by atoms with E-state index in [4.69, 9.17) is 5.73 Å². The first kappa shape index (κ1) is 13.7. The molecule has 0 saturated heterocycles. The number of benzene rings is 1. The molecule has 0 aliphatic rings. The monoisotopic (exact) mass is 274 g/mol. The smallest absolute Gasteiger partial charge is 0.272 e. The number of carbonyl (C=O) groups is 1. The Bertz CT molecular complexity index is 691. The third kappa shape index (κ3) is 2.13. The zero-order chi connectivity index (χ0) is 14.9. The van der Waals surface area contributed by atoms with Gasteiger partial charge in [0.05, 0.1) is 10.5 Å². The molecule has 104 valence electrons. The number of aromatic nitrogens is 2. The van der Waals surface area contributed by atoms with Gasteiger partial charge in [-0.15, -0.1) is 0 Å². The van der Waals surface area contributed by atoms with Crippen molar-refractivity contribution in [3.8, 4) is 11.3 Å². The number of nitro groups is 1. The summed E-state index contributed by atoms with van der Waals surface area (Å²) in [4.78, 5) is 21.7. The van der Waals surface area contributed by atoms with Crippen molar-refractivity contribution in [2.75, 3.05) is 5.73 Å². The normalized spacial score (nSPS) is 10.5. The molecule has 1 heterocycles. The topological polar surface area (TPSA) is 104 Å². The summed E-state index contributed by atoms with van der Waals surface area (Å²) in [5, 5.41) is 15.2. The van der Waals surface area contributed by atoms with E-state index in [1.807, 2.05) is 6.92 Å². The molecule has 0 saturated carbocycles. The molecular formula is C13H14N4O3. The molecule has 20 heavy (non-hydrogen) atoms. The highest BCUT2D eigenvalue weighted by molar-refractivity contribution is 5.91. The molecule has 0 spiro atoms. The second-order valence-electron chi connectivity index (χ2n) is 4.34. The van der Waals surface area contributed by atoms with Crippen LogP contribution < -0.4 is 5.73 Å². The standard InChI is InChI=1S/C13H14N4O3/c1-3-16-13(14)10(7-18)12(15-16)9-5-4-8(2)11(6-9)17(19)20/h4-7H,3,14H2,1-2H3. The van der Waals surface area contributed by atoms with Crippen molar-refractivity contribution >= 4 is 17.8 Å². The van der Waals surface area contributed by atoms with Gasteiger partial charge in [-0.3, -0.25) is 14.9 Å². The lowest BCUT2D eigenvalue weighted by Gasteiger charge is -2.01. The molecule has 7 nitrogen and oxygen atoms in total. The van der Waals surface area contributed by atoms with Crippen LogP contribution in [0.3, 0.4) is 0 Å². The first-order chi connectivity index (χ1) is 9.49. The van der Waals surface area contributed by atoms with Crippen molar-refractivity contribution < 1.29 is 9.72 Å². The fraction of sp³-hybridized carbons (Fsp3) is 0.231. The fourth-order valence-corrected chi connectivity index (χ4v) is 2.01. The number of aldehydes is 1. The minimum absolute atomic E-state index is 0.0102. The summed E-state index contributed by atoms with van der Waals surface area (Å²) in [6.07, 6.45) is 0.621. The highest BCUT2D eigenvalue weighted by atomic mass is 16.6. The summed E-state index contributed by atoms with van der Waals surface area (Å²) in [6, 6.07) is 4.73. The van der Waals surface area contributed by atoms with Crippen molar-refractivity contribution in [1.82, 2.24) is 9.78 Å². The number of aryl methyl sites for hydroxylation is 2. The maximum Gasteiger partial charge on any atom is 0.272 e. The molecule has 0 unspecified atom stereocenters. The van der Waals surface area contributed by atoms with E-state index in [2.05, 4.69) is 5.10 Å². The van der Waals surface area contributed by atoms with E-state index in [1.165, 1.54) is 10.7 Å². The van der Waals surface area contributed by atoms with Crippen LogP contribution in [0.4, 0.5) is 11.5 Å². The first-order valence-electron chi connectivity index (χ1n) is 6.06. The van der Waals surface area contributed by atoms with E-state index in [0.29, 0.717) is 29.7 Å². The maximum absolute atomic E-state index is 11.2. The van der Waals surface area contributed by atoms with Crippen molar-refractivity contribution in [1.29, 1.82) is 0 Å². The molecule has 0 amide bonds. The molecule has 2 aromatic rings. The van der Waals surface area contributed by atoms with Gasteiger partial charge < -0.3 is 5.73 Å². The Labute approximate surface area is 115 Å². The van der Waals surface area contributed by atoms with Gasteiger partial charge in [-0.2, -0.15) is 5.10 Å². The Balaban J connectivity index is 2.65. The second-order valence-corrected chi connectivity index (χ2v) is 4.34. The Morgan fingerprint density at radius 2 is 2.20 bits per heavy atom. The van der Waals surface area contributed by atoms with E-state index in [-0.39, 0.29) is 17.1 Å². The summed E-state index contributed by atoms with van der Waals surface area (Å²) < 4.78 is 1.49. The number of rotatable bonds is 4. The molecule has 1 aromatic carbocycles. The van der Waals surface area contributed by atoms with Gasteiger partial charge >= 0.3 is 0 Å². The number of carbonyl (C=O) groups excluding carboxylic acids is 1. The average Bonchev–Trinajstić information content (AvgIpc) is 2.75. The van der Waals surface area contributed by atoms with Crippen LogP contribution in [-0.4, -0.2) is 21.0 Å². The quantitative estimate of drug-likeness (QED) is 0.522. The minimum atomic E-state index is -0.459. The summed E-state index contributed by atoms with van der Waals surface area (Å²) in [6.45, 7) is 4.02. The SMILES string of the molecule is CCn1nc(-c2ccc(C)c([N+](=O)[O-])c2)c(C=O)c1N. The van der Waals surface area contributed by atoms with Gasteiger partial charge in [0.2, 0.25) is 0 Å². The Kier molecular flexibility index (Phi) is 3.51. The molecular weight excluding hydrogens is 260 g/mol. The van der Waals surface area contributed by atoms with Crippen molar-refractivity contribution in [2.45, 2.75) is 20.4 Å². The number of nitro benzene ring substituents is 1. The van der Waals surface area contributed by atoms with Crippen LogP contribution in [0.15, 0.2) is 18.2 Å². The predicted molar refractivity (Wildman–Crippen MR) is 74.5 cm³/mol. The summed E-state index contributed by atoms with van der Waals surface area (Å²) >= 11 is 0. The first-order valence-corrected chi connectivity index (χ1v) is 6.06. The molecule has 0 aliphatic carbocycles. The zero-order valence-electron chi connectivity index (χ0n) is 11.2. The molecule has 0 radical (unpaired) electrons. The maximum atomic E-state index is 11.2. The summed E-state index contributed by atoms with van der Waals surface area (Å²) in [5.74, 6) is 0.265. The molecule has 1 aromatic heterocycles. The van der Waals surface area contributed by atoms with Crippen molar-refractivity contribution in [3.05, 3.63) is 39.4 Å². The minimum Gasteiger partial charge on any atom is -0.383 e. The van der Waals surface area contributed by atoms with Crippen LogP contribution in [0.25, 0.3) is 11.3 Å². The van der Waals surface area contributed by atoms with Gasteiger partial charge in [-0.1, -0.05) is 12.1 Å². The van der Waals surface area contributed by atoms with E-state index in [9.17, 15) is 14.9 Å².